The normalized spacial score (nSPS) is 11.9. The van der Waals surface area contributed by atoms with Crippen LogP contribution in [0.25, 0.3) is 22.3 Å². The highest BCUT2D eigenvalue weighted by atomic mass is 32.2. The Hall–Kier alpha value is -4.00. The molecule has 0 spiro atoms. The van der Waals surface area contributed by atoms with Crippen molar-refractivity contribution >= 4 is 38.5 Å². The first-order valence-electron chi connectivity index (χ1n) is 10.5. The van der Waals surface area contributed by atoms with E-state index in [1.807, 2.05) is 0 Å². The zero-order valence-electron chi connectivity index (χ0n) is 18.8. The van der Waals surface area contributed by atoms with E-state index in [4.69, 9.17) is 0 Å². The van der Waals surface area contributed by atoms with Crippen LogP contribution in [0.3, 0.4) is 0 Å². The Morgan fingerprint density at radius 2 is 1.56 bits per heavy atom. The van der Waals surface area contributed by atoms with Gasteiger partial charge in [0.2, 0.25) is 16.0 Å². The van der Waals surface area contributed by atoms with Crippen molar-refractivity contribution in [1.82, 2.24) is 15.0 Å². The van der Waals surface area contributed by atoms with Gasteiger partial charge in [0.15, 0.2) is 5.82 Å². The molecule has 2 heterocycles. The van der Waals surface area contributed by atoms with Gasteiger partial charge in [-0.1, -0.05) is 12.1 Å². The van der Waals surface area contributed by atoms with E-state index in [0.717, 1.165) is 11.8 Å². The molecule has 36 heavy (non-hydrogen) atoms. The van der Waals surface area contributed by atoms with Crippen LogP contribution in [0.15, 0.2) is 60.7 Å². The number of rotatable bonds is 8. The summed E-state index contributed by atoms with van der Waals surface area (Å²) in [6.07, 6.45) is -3.44. The van der Waals surface area contributed by atoms with Crippen LogP contribution in [-0.2, 0) is 16.6 Å². The summed E-state index contributed by atoms with van der Waals surface area (Å²) in [5.41, 5.74) is 2.58. The Morgan fingerprint density at radius 3 is 2.19 bits per heavy atom. The largest absolute Gasteiger partial charge is 0.405 e. The maximum absolute atomic E-state index is 13.3. The Labute approximate surface area is 203 Å². The van der Waals surface area contributed by atoms with Gasteiger partial charge in [-0.2, -0.15) is 18.2 Å². The average Bonchev–Trinajstić information content (AvgIpc) is 2.81. The average molecular weight is 521 g/mol. The van der Waals surface area contributed by atoms with E-state index < -0.39 is 28.6 Å². The lowest BCUT2D eigenvalue weighted by atomic mass is 10.1. The molecule has 0 radical (unpaired) electrons. The summed E-state index contributed by atoms with van der Waals surface area (Å²) >= 11 is 0. The number of anilines is 3. The fraction of sp³-hybridized carbons (Fsp3) is 0.174. The van der Waals surface area contributed by atoms with Gasteiger partial charge in [0, 0.05) is 17.8 Å². The van der Waals surface area contributed by atoms with Crippen LogP contribution in [0.4, 0.5) is 35.0 Å². The predicted octanol–water partition coefficient (Wildman–Crippen LogP) is 4.79. The molecule has 4 rings (SSSR count). The Morgan fingerprint density at radius 1 is 0.861 bits per heavy atom. The molecule has 2 aromatic heterocycles. The van der Waals surface area contributed by atoms with Gasteiger partial charge in [0.05, 0.1) is 17.5 Å². The number of fused-ring (bicyclic) bond motifs is 1. The number of pyridine rings is 1. The van der Waals surface area contributed by atoms with Crippen LogP contribution >= 0.6 is 0 Å². The highest BCUT2D eigenvalue weighted by molar-refractivity contribution is 7.92. The second-order valence-corrected chi connectivity index (χ2v) is 9.61. The fourth-order valence-electron chi connectivity index (χ4n) is 3.27. The summed E-state index contributed by atoms with van der Waals surface area (Å²) in [4.78, 5) is 13.0. The predicted molar refractivity (Wildman–Crippen MR) is 130 cm³/mol. The summed E-state index contributed by atoms with van der Waals surface area (Å²) < 4.78 is 77.0. The number of sulfonamides is 1. The highest BCUT2D eigenvalue weighted by Gasteiger charge is 2.27. The zero-order valence-corrected chi connectivity index (χ0v) is 19.6. The van der Waals surface area contributed by atoms with Gasteiger partial charge in [0.25, 0.3) is 0 Å². The van der Waals surface area contributed by atoms with Crippen molar-refractivity contribution in [2.24, 2.45) is 0 Å². The molecule has 0 aliphatic heterocycles. The van der Waals surface area contributed by atoms with Gasteiger partial charge in [-0.3, -0.25) is 4.72 Å². The standard InChI is InChI=1S/C23H20F4N6O2S/c1-36(34,35)33-17-8-2-14(3-9-17)12-28-22-31-19-11-10-18(15-4-6-16(24)7-5-15)30-20(19)21(32-22)29-13-23(25,26)27/h2-11,33H,12-13H2,1H3,(H2,28,29,31,32). The summed E-state index contributed by atoms with van der Waals surface area (Å²) in [7, 11) is -3.41. The molecule has 8 nitrogen and oxygen atoms in total. The molecule has 188 valence electrons. The third kappa shape index (κ3) is 6.78. The van der Waals surface area contributed by atoms with Crippen LogP contribution in [0.2, 0.25) is 0 Å². The lowest BCUT2D eigenvalue weighted by Gasteiger charge is -2.14. The topological polar surface area (TPSA) is 109 Å². The minimum absolute atomic E-state index is 0.0712. The monoisotopic (exact) mass is 520 g/mol. The van der Waals surface area contributed by atoms with Crippen molar-refractivity contribution in [3.8, 4) is 11.3 Å². The molecule has 4 aromatic rings. The Balaban J connectivity index is 1.61. The quantitative estimate of drug-likeness (QED) is 0.287. The molecule has 0 fully saturated rings. The maximum atomic E-state index is 13.3. The lowest BCUT2D eigenvalue weighted by Crippen LogP contribution is -2.22. The van der Waals surface area contributed by atoms with E-state index in [0.29, 0.717) is 22.5 Å². The van der Waals surface area contributed by atoms with Gasteiger partial charge < -0.3 is 10.6 Å². The third-order valence-corrected chi connectivity index (χ3v) is 5.45. The molecular weight excluding hydrogens is 500 g/mol. The van der Waals surface area contributed by atoms with Crippen LogP contribution in [0.5, 0.6) is 0 Å². The smallest absolute Gasteiger partial charge is 0.359 e. The number of nitrogens with zero attached hydrogens (tertiary/aromatic N) is 3. The lowest BCUT2D eigenvalue weighted by molar-refractivity contribution is -0.115. The molecule has 13 heteroatoms. The second-order valence-electron chi connectivity index (χ2n) is 7.86. The molecule has 0 aliphatic rings. The van der Waals surface area contributed by atoms with Gasteiger partial charge in [-0.15, -0.1) is 0 Å². The molecular formula is C23H20F4N6O2S. The van der Waals surface area contributed by atoms with Gasteiger partial charge in [-0.25, -0.2) is 22.8 Å². The van der Waals surface area contributed by atoms with E-state index in [1.165, 1.54) is 24.3 Å². The summed E-state index contributed by atoms with van der Waals surface area (Å²) in [5, 5.41) is 5.24. The molecule has 0 atom stereocenters. The van der Waals surface area contributed by atoms with Gasteiger partial charge in [0.1, 0.15) is 17.9 Å². The van der Waals surface area contributed by atoms with Crippen molar-refractivity contribution in [1.29, 1.82) is 0 Å². The Kier molecular flexibility index (Phi) is 6.93. The van der Waals surface area contributed by atoms with Crippen LogP contribution < -0.4 is 15.4 Å². The molecule has 0 unspecified atom stereocenters. The van der Waals surface area contributed by atoms with Crippen molar-refractivity contribution in [2.45, 2.75) is 12.7 Å². The van der Waals surface area contributed by atoms with Gasteiger partial charge in [-0.05, 0) is 54.1 Å². The number of aromatic nitrogens is 3. The van der Waals surface area contributed by atoms with E-state index >= 15 is 0 Å². The van der Waals surface area contributed by atoms with Crippen molar-refractivity contribution in [3.05, 3.63) is 72.0 Å². The SMILES string of the molecule is CS(=O)(=O)Nc1ccc(CNc2nc(NCC(F)(F)F)c3nc(-c4ccc(F)cc4)ccc3n2)cc1. The third-order valence-electron chi connectivity index (χ3n) is 4.85. The maximum Gasteiger partial charge on any atom is 0.405 e. The first kappa shape index (κ1) is 25.1. The number of hydrogen-bond donors (Lipinski definition) is 3. The van der Waals surface area contributed by atoms with Crippen LogP contribution in [0, 0.1) is 5.82 Å². The molecule has 0 bridgehead atoms. The van der Waals surface area contributed by atoms with Crippen molar-refractivity contribution in [2.75, 3.05) is 28.2 Å². The summed E-state index contributed by atoms with van der Waals surface area (Å²) in [6, 6.07) is 15.3. The zero-order chi connectivity index (χ0) is 25.9. The molecule has 0 aliphatic carbocycles. The van der Waals surface area contributed by atoms with Crippen LogP contribution in [-0.4, -0.2) is 42.3 Å². The number of hydrogen-bond acceptors (Lipinski definition) is 7. The number of alkyl halides is 3. The van der Waals surface area contributed by atoms with E-state index in [1.54, 1.807) is 36.4 Å². The minimum Gasteiger partial charge on any atom is -0.359 e. The number of benzene rings is 2. The molecule has 0 saturated heterocycles. The number of halogens is 4. The minimum atomic E-state index is -4.48. The second kappa shape index (κ2) is 9.93. The highest BCUT2D eigenvalue weighted by Crippen LogP contribution is 2.27. The molecule has 0 saturated carbocycles. The van der Waals surface area contributed by atoms with E-state index in [9.17, 15) is 26.0 Å². The Bertz CT molecular complexity index is 1480. The summed E-state index contributed by atoms with van der Waals surface area (Å²) in [5.74, 6) is -0.467. The van der Waals surface area contributed by atoms with Crippen molar-refractivity contribution in [3.63, 3.8) is 0 Å². The number of nitrogens with one attached hydrogen (secondary N) is 3. The summed E-state index contributed by atoms with van der Waals surface area (Å²) in [6.45, 7) is -1.10. The fourth-order valence-corrected chi connectivity index (χ4v) is 3.83. The van der Waals surface area contributed by atoms with E-state index in [2.05, 4.69) is 30.3 Å². The molecule has 3 N–H and O–H groups in total. The van der Waals surface area contributed by atoms with Gasteiger partial charge >= 0.3 is 6.18 Å². The van der Waals surface area contributed by atoms with Crippen molar-refractivity contribution < 1.29 is 26.0 Å². The first-order chi connectivity index (χ1) is 16.9. The first-order valence-corrected chi connectivity index (χ1v) is 12.4. The molecule has 0 amide bonds. The van der Waals surface area contributed by atoms with E-state index in [-0.39, 0.29) is 23.8 Å². The van der Waals surface area contributed by atoms with Crippen LogP contribution in [0.1, 0.15) is 5.56 Å². The molecule has 2 aromatic carbocycles.